The van der Waals surface area contributed by atoms with Gasteiger partial charge in [0, 0.05) is 122 Å². The number of hydrogen-bond donors (Lipinski definition) is 0. The quantitative estimate of drug-likeness (QED) is 0.0665. The smallest absolute Gasteiger partial charge is 0.188 e. The van der Waals surface area contributed by atoms with E-state index in [1.807, 2.05) is 91.1 Å². The monoisotopic (exact) mass is 1830 g/mol. The summed E-state index contributed by atoms with van der Waals surface area (Å²) in [4.78, 5) is 7.96. The average Bonchev–Trinajstić information content (AvgIpc) is 1.29. The summed E-state index contributed by atoms with van der Waals surface area (Å²) in [7, 11) is -2.94. The molecule has 0 fully saturated rings. The molecule has 20 aromatic carbocycles. The van der Waals surface area contributed by atoms with Crippen LogP contribution in [-0.4, -0.2) is 26.8 Å². The van der Waals surface area contributed by atoms with Crippen molar-refractivity contribution in [3.8, 4) is 90.9 Å². The minimum atomic E-state index is -2.94. The van der Waals surface area contributed by atoms with E-state index in [0.717, 1.165) is 194 Å². The van der Waals surface area contributed by atoms with Gasteiger partial charge in [0.05, 0.1) is 74.6 Å². The fourth-order valence-electron chi connectivity index (χ4n) is 21.7. The number of benzene rings is 20. The van der Waals surface area contributed by atoms with E-state index in [-0.39, 0.29) is 0 Å². The van der Waals surface area contributed by atoms with Crippen molar-refractivity contribution in [2.24, 2.45) is 0 Å². The first-order chi connectivity index (χ1) is 70.2. The SMILES string of the molecule is N#Cc1cc(-c2cc(-n3c4ccccc4c4ccccc43)cc3c2oc2ccccc23)cc(-n2c3ccccc3c3ccccc32)c1.N#Cc1cccc([Si](c2ccccc2)(c2ccccc2)c2cccc(-c3cc(-n4c5ccccc5c5ccccc54)cc4c3oc3ccccc34)c2)c1.[C-]#[N+]c1ccc2oc3ccc(-c4cc(-c5cccnc5)cc(-c5ccc6oc7ccc(C#N)cc7c6c5)c4)cc3c2c1. The van der Waals surface area contributed by atoms with Gasteiger partial charge in [0.1, 0.15) is 44.7 Å². The first-order valence-electron chi connectivity index (χ1n) is 47.1. The largest absolute Gasteiger partial charge is 0.456 e. The third-order valence-corrected chi connectivity index (χ3v) is 32.8. The molecule has 142 heavy (non-hydrogen) atoms. The van der Waals surface area contributed by atoms with E-state index < -0.39 is 8.07 Å². The molecule has 660 valence electrons. The maximum absolute atomic E-state index is 10.3. The molecule has 0 aliphatic carbocycles. The lowest BCUT2D eigenvalue weighted by molar-refractivity contribution is 0.668. The second-order valence-corrected chi connectivity index (χ2v) is 39.8. The lowest BCUT2D eigenvalue weighted by atomic mass is 9.92. The molecule has 12 nitrogen and oxygen atoms in total. The average molecular weight is 1830 g/mol. The number of rotatable bonds is 12. The third-order valence-electron chi connectivity index (χ3n) is 28.0. The molecule has 0 aliphatic heterocycles. The van der Waals surface area contributed by atoms with E-state index in [0.29, 0.717) is 22.4 Å². The van der Waals surface area contributed by atoms with Gasteiger partial charge in [-0.3, -0.25) is 4.98 Å². The summed E-state index contributed by atoms with van der Waals surface area (Å²) >= 11 is 0. The van der Waals surface area contributed by atoms with Crippen LogP contribution in [0, 0.1) is 40.6 Å². The van der Waals surface area contributed by atoms with Crippen LogP contribution in [0.15, 0.2) is 479 Å². The van der Waals surface area contributed by atoms with Crippen molar-refractivity contribution in [1.82, 2.24) is 18.7 Å². The number of aromatic nitrogens is 4. The summed E-state index contributed by atoms with van der Waals surface area (Å²) in [6, 6.07) is 163. The Hall–Kier alpha value is -19.7. The molecule has 0 amide bonds. The Morgan fingerprint density at radius 1 is 0.232 bits per heavy atom. The predicted octanol–water partition coefficient (Wildman–Crippen LogP) is 31.2. The number of para-hydroxylation sites is 8. The number of nitriles is 3. The molecule has 0 bridgehead atoms. The van der Waals surface area contributed by atoms with Gasteiger partial charge >= 0.3 is 0 Å². The molecule has 0 atom stereocenters. The molecule has 28 rings (SSSR count). The first-order valence-corrected chi connectivity index (χ1v) is 49.1. The molecule has 0 saturated heterocycles. The van der Waals surface area contributed by atoms with Gasteiger partial charge in [0.15, 0.2) is 13.8 Å². The van der Waals surface area contributed by atoms with Crippen LogP contribution in [0.25, 0.3) is 231 Å². The Bertz CT molecular complexity index is 9880. The van der Waals surface area contributed by atoms with E-state index in [4.69, 9.17) is 24.2 Å². The molecule has 0 aliphatic rings. The maximum Gasteiger partial charge on any atom is 0.188 e. The van der Waals surface area contributed by atoms with Gasteiger partial charge in [-0.1, -0.05) is 267 Å². The van der Waals surface area contributed by atoms with Gasteiger partial charge in [-0.25, -0.2) is 4.85 Å². The Balaban J connectivity index is 0.000000110. The van der Waals surface area contributed by atoms with E-state index >= 15 is 0 Å². The molecule has 13 heteroatoms. The Morgan fingerprint density at radius 3 is 1.07 bits per heavy atom. The third kappa shape index (κ3) is 13.8. The molecule has 0 saturated carbocycles. The van der Waals surface area contributed by atoms with Crippen LogP contribution in [0.3, 0.4) is 0 Å². The van der Waals surface area contributed by atoms with Crippen molar-refractivity contribution in [3.63, 3.8) is 0 Å². The summed E-state index contributed by atoms with van der Waals surface area (Å²) in [5, 5.41) is 50.1. The zero-order chi connectivity index (χ0) is 94.6. The van der Waals surface area contributed by atoms with Gasteiger partial charge < -0.3 is 31.4 Å². The number of hydrogen-bond acceptors (Lipinski definition) is 8. The van der Waals surface area contributed by atoms with Crippen LogP contribution in [0.4, 0.5) is 5.69 Å². The number of pyridine rings is 1. The zero-order valence-corrected chi connectivity index (χ0v) is 77.1. The van der Waals surface area contributed by atoms with Crippen LogP contribution in [-0.2, 0) is 0 Å². The van der Waals surface area contributed by atoms with E-state index in [9.17, 15) is 15.8 Å². The summed E-state index contributed by atoms with van der Waals surface area (Å²) < 4.78 is 32.5. The Kier molecular flexibility index (Phi) is 19.9. The fourth-order valence-corrected chi connectivity index (χ4v) is 26.5. The molecular formula is C129H76N8O4Si. The molecule has 8 aromatic heterocycles. The van der Waals surface area contributed by atoms with Gasteiger partial charge in [-0.2, -0.15) is 15.8 Å². The highest BCUT2D eigenvalue weighted by molar-refractivity contribution is 7.20. The van der Waals surface area contributed by atoms with Gasteiger partial charge in [-0.05, 0) is 242 Å². The molecule has 8 heterocycles. The molecule has 0 unspecified atom stereocenters. The van der Waals surface area contributed by atoms with Crippen LogP contribution < -0.4 is 20.7 Å². The van der Waals surface area contributed by atoms with Crippen molar-refractivity contribution < 1.29 is 17.7 Å². The molecule has 28 aromatic rings. The topological polar surface area (TPSA) is 156 Å². The summed E-state index contributed by atoms with van der Waals surface area (Å²) in [5.74, 6) is 0. The summed E-state index contributed by atoms with van der Waals surface area (Å²) in [5.41, 5.74) is 29.0. The van der Waals surface area contributed by atoms with Crippen LogP contribution in [0.1, 0.15) is 16.7 Å². The van der Waals surface area contributed by atoms with Crippen LogP contribution in [0.2, 0.25) is 0 Å². The molecule has 0 spiro atoms. The zero-order valence-electron chi connectivity index (χ0n) is 76.1. The highest BCUT2D eigenvalue weighted by atomic mass is 28.3. The van der Waals surface area contributed by atoms with E-state index in [1.54, 1.807) is 18.3 Å². The maximum atomic E-state index is 10.3. The van der Waals surface area contributed by atoms with Crippen molar-refractivity contribution in [3.05, 3.63) is 489 Å². The minimum Gasteiger partial charge on any atom is -0.456 e. The van der Waals surface area contributed by atoms with Crippen LogP contribution in [0.5, 0.6) is 0 Å². The standard InChI is InChI=1S/C49H32N2OSi.C43H25N3O.C37H19N3O2/c50-33-34-15-13-21-39(29-34)53(37-17-3-1-4-18-37,38-19-5-2-6-20-38)40-22-14-16-35(30-40)44-31-36(32-45-43-25-9-12-28-48(43)52-49(44)45)51-46-26-10-7-23-41(46)42-24-8-11-27-47(42)51;44-26-27-21-28(23-29(22-27)45-38-16-6-1-11-31(38)32-12-2-7-17-39(32)45)36-24-30(25-37-35-15-5-10-20-42(35)47-43(36)37)46-40-18-8-3-13-33(40)34-14-4-9-19-41(34)46;1-39-29-7-11-37-33(19-29)32-18-24(6-10-36(32)42-37)27-14-26(15-28(16-27)25-3-2-12-40-21-25)23-5-9-35-31(17-23)30-13-22(20-38)4-8-34(30)41-35/h1-32H;1-25H;2-19,21H. The fraction of sp³-hybridized carbons (Fsp3) is 0. The van der Waals surface area contributed by atoms with Crippen molar-refractivity contribution in [2.45, 2.75) is 0 Å². The minimum absolute atomic E-state index is 0.584. The van der Waals surface area contributed by atoms with Gasteiger partial charge in [0.2, 0.25) is 0 Å². The lowest BCUT2D eigenvalue weighted by Gasteiger charge is -2.34. The Morgan fingerprint density at radius 2 is 0.606 bits per heavy atom. The number of fused-ring (bicyclic) bond motifs is 21. The summed E-state index contributed by atoms with van der Waals surface area (Å²) in [6.45, 7) is 7.44. The second kappa shape index (κ2) is 34.0. The van der Waals surface area contributed by atoms with E-state index in [1.165, 1.54) is 53.1 Å². The highest BCUT2D eigenvalue weighted by Crippen LogP contribution is 2.47. The normalized spacial score (nSPS) is 11.6. The van der Waals surface area contributed by atoms with Gasteiger partial charge in [0.25, 0.3) is 0 Å². The predicted molar refractivity (Wildman–Crippen MR) is 580 cm³/mol. The molecule has 0 radical (unpaired) electrons. The van der Waals surface area contributed by atoms with E-state index in [2.05, 4.69) is 394 Å². The van der Waals surface area contributed by atoms with Crippen molar-refractivity contribution in [2.75, 3.05) is 0 Å². The number of furan rings is 4. The summed E-state index contributed by atoms with van der Waals surface area (Å²) in [6.07, 6.45) is 3.65. The first kappa shape index (κ1) is 83.0. The Labute approximate surface area is 814 Å². The number of nitrogens with zero attached hydrogens (tertiary/aromatic N) is 8. The lowest BCUT2D eigenvalue weighted by Crippen LogP contribution is -2.74. The highest BCUT2D eigenvalue weighted by Gasteiger charge is 2.42. The second-order valence-electron chi connectivity index (χ2n) is 36.0. The van der Waals surface area contributed by atoms with Crippen molar-refractivity contribution >= 4 is 188 Å². The molecular weight excluding hydrogens is 1750 g/mol. The van der Waals surface area contributed by atoms with Crippen LogP contribution >= 0.6 is 0 Å². The van der Waals surface area contributed by atoms with Crippen molar-refractivity contribution in [1.29, 1.82) is 15.8 Å². The molecule has 0 N–H and O–H groups in total. The van der Waals surface area contributed by atoms with Gasteiger partial charge in [-0.15, -0.1) is 0 Å².